The lowest BCUT2D eigenvalue weighted by Crippen LogP contribution is -2.09. The molecule has 2 aromatic heterocycles. The number of benzene rings is 2. The second-order valence-electron chi connectivity index (χ2n) is 5.00. The van der Waals surface area contributed by atoms with Crippen LogP contribution in [0.4, 0.5) is 0 Å². The molecule has 4 rings (SSSR count). The van der Waals surface area contributed by atoms with Gasteiger partial charge in [-0.1, -0.05) is 24.3 Å². The molecule has 5 heteroatoms. The first kappa shape index (κ1) is 12.5. The van der Waals surface area contributed by atoms with Crippen LogP contribution in [0, 0.1) is 0 Å². The fourth-order valence-corrected chi connectivity index (χ4v) is 3.36. The Hall–Kier alpha value is -2.27. The standard InChI is InChI=1S/C16H14N4S/c1-2-6-12-11(5-1)17-15(18-12)9-10-21-16-19-13-7-3-4-8-14(13)20-16/h1-8H,9-10H2,(H,17,18)(H,19,20)/p+2. The summed E-state index contributed by atoms with van der Waals surface area (Å²) in [5.74, 6) is 2.17. The van der Waals surface area contributed by atoms with Crippen molar-refractivity contribution < 1.29 is 9.97 Å². The van der Waals surface area contributed by atoms with Crippen molar-refractivity contribution in [1.29, 1.82) is 0 Å². The zero-order chi connectivity index (χ0) is 14.1. The van der Waals surface area contributed by atoms with Gasteiger partial charge in [0.25, 0.3) is 5.82 Å². The maximum atomic E-state index is 3.42. The van der Waals surface area contributed by atoms with E-state index in [0.29, 0.717) is 0 Å². The molecule has 0 spiro atoms. The lowest BCUT2D eigenvalue weighted by Gasteiger charge is -1.88. The monoisotopic (exact) mass is 296 g/mol. The van der Waals surface area contributed by atoms with Crippen LogP contribution in [0.15, 0.2) is 53.7 Å². The van der Waals surface area contributed by atoms with E-state index in [1.54, 1.807) is 11.8 Å². The zero-order valence-electron chi connectivity index (χ0n) is 11.4. The van der Waals surface area contributed by atoms with Gasteiger partial charge in [0.15, 0.2) is 22.1 Å². The number of hydrogen-bond donors (Lipinski definition) is 2. The predicted octanol–water partition coefficient (Wildman–Crippen LogP) is 2.61. The zero-order valence-corrected chi connectivity index (χ0v) is 12.3. The Bertz CT molecular complexity index is 753. The summed E-state index contributed by atoms with van der Waals surface area (Å²) in [6.45, 7) is 0. The summed E-state index contributed by atoms with van der Waals surface area (Å²) in [5, 5.41) is 1.10. The summed E-state index contributed by atoms with van der Waals surface area (Å²) in [6, 6.07) is 16.5. The first-order valence-electron chi connectivity index (χ1n) is 7.00. The van der Waals surface area contributed by atoms with E-state index in [1.165, 1.54) is 5.82 Å². The molecule has 0 amide bonds. The van der Waals surface area contributed by atoms with Crippen molar-refractivity contribution in [2.24, 2.45) is 0 Å². The van der Waals surface area contributed by atoms with Crippen molar-refractivity contribution in [2.45, 2.75) is 11.6 Å². The molecular weight excluding hydrogens is 280 g/mol. The molecule has 0 saturated heterocycles. The highest BCUT2D eigenvalue weighted by atomic mass is 32.2. The molecule has 0 saturated carbocycles. The number of aromatic amines is 4. The van der Waals surface area contributed by atoms with Gasteiger partial charge in [0.2, 0.25) is 0 Å². The van der Waals surface area contributed by atoms with Gasteiger partial charge in [0.05, 0.1) is 6.42 Å². The number of hydrogen-bond acceptors (Lipinski definition) is 1. The number of nitrogens with one attached hydrogen (secondary N) is 4. The fraction of sp³-hybridized carbons (Fsp3) is 0.125. The number of para-hydroxylation sites is 4. The molecule has 4 aromatic rings. The van der Waals surface area contributed by atoms with E-state index < -0.39 is 0 Å². The maximum absolute atomic E-state index is 3.42. The number of rotatable bonds is 4. The third kappa shape index (κ3) is 2.52. The minimum absolute atomic E-state index is 0.975. The van der Waals surface area contributed by atoms with Gasteiger partial charge in [-0.25, -0.2) is 19.9 Å². The fourth-order valence-electron chi connectivity index (χ4n) is 2.49. The predicted molar refractivity (Wildman–Crippen MR) is 84.1 cm³/mol. The van der Waals surface area contributed by atoms with Crippen molar-refractivity contribution in [2.75, 3.05) is 5.75 Å². The Morgan fingerprint density at radius 2 is 1.48 bits per heavy atom. The molecule has 2 heterocycles. The minimum atomic E-state index is 0.975. The Balaban J connectivity index is 1.44. The molecule has 0 unspecified atom stereocenters. The lowest BCUT2D eigenvalue weighted by molar-refractivity contribution is -0.396. The van der Waals surface area contributed by atoms with Crippen LogP contribution >= 0.6 is 11.8 Å². The van der Waals surface area contributed by atoms with Gasteiger partial charge in [-0.2, -0.15) is 0 Å². The maximum Gasteiger partial charge on any atom is 0.314 e. The quantitative estimate of drug-likeness (QED) is 0.559. The average molecular weight is 296 g/mol. The molecule has 0 atom stereocenters. The summed E-state index contributed by atoms with van der Waals surface area (Å²) in [5.41, 5.74) is 4.62. The molecule has 0 bridgehead atoms. The summed E-state index contributed by atoms with van der Waals surface area (Å²) < 4.78 is 0. The SMILES string of the molecule is c1ccc2[nH+]c(CCSc3[nH]c4ccccc4[nH+]3)[nH]c2c1. The van der Waals surface area contributed by atoms with Crippen LogP contribution in [0.25, 0.3) is 22.1 Å². The summed E-state index contributed by atoms with van der Waals surface area (Å²) in [7, 11) is 0. The lowest BCUT2D eigenvalue weighted by atomic mass is 10.3. The molecule has 4 nitrogen and oxygen atoms in total. The number of thioether (sulfide) groups is 1. The van der Waals surface area contributed by atoms with Crippen LogP contribution in [0.5, 0.6) is 0 Å². The van der Waals surface area contributed by atoms with Crippen molar-refractivity contribution >= 4 is 33.8 Å². The normalized spacial score (nSPS) is 11.4. The highest BCUT2D eigenvalue weighted by Crippen LogP contribution is 2.16. The van der Waals surface area contributed by atoms with Gasteiger partial charge in [0, 0.05) is 5.75 Å². The molecule has 0 fully saturated rings. The van der Waals surface area contributed by atoms with Crippen LogP contribution < -0.4 is 9.97 Å². The number of aryl methyl sites for hydroxylation is 1. The van der Waals surface area contributed by atoms with E-state index in [-0.39, 0.29) is 0 Å². The molecule has 4 N–H and O–H groups in total. The highest BCUT2D eigenvalue weighted by Gasteiger charge is 2.12. The molecular formula is C16H16N4S+2. The number of fused-ring (bicyclic) bond motifs is 2. The molecule has 0 radical (unpaired) electrons. The van der Waals surface area contributed by atoms with E-state index in [0.717, 1.165) is 39.4 Å². The second-order valence-corrected chi connectivity index (χ2v) is 6.10. The van der Waals surface area contributed by atoms with E-state index in [4.69, 9.17) is 0 Å². The molecule has 0 aliphatic rings. The molecule has 2 aromatic carbocycles. The Kier molecular flexibility index (Phi) is 3.12. The smallest absolute Gasteiger partial charge is 0.241 e. The van der Waals surface area contributed by atoms with E-state index in [1.807, 2.05) is 24.3 Å². The first-order valence-corrected chi connectivity index (χ1v) is 7.99. The topological polar surface area (TPSA) is 59.9 Å². The second kappa shape index (κ2) is 5.26. The van der Waals surface area contributed by atoms with E-state index in [2.05, 4.69) is 44.2 Å². The van der Waals surface area contributed by atoms with Crippen LogP contribution in [-0.2, 0) is 6.42 Å². The third-order valence-electron chi connectivity index (χ3n) is 3.52. The Morgan fingerprint density at radius 1 is 0.810 bits per heavy atom. The van der Waals surface area contributed by atoms with Gasteiger partial charge in [-0.05, 0) is 36.0 Å². The van der Waals surface area contributed by atoms with Gasteiger partial charge in [0.1, 0.15) is 0 Å². The highest BCUT2D eigenvalue weighted by molar-refractivity contribution is 7.99. The number of aromatic nitrogens is 4. The Labute approximate surface area is 126 Å². The molecule has 0 aliphatic carbocycles. The van der Waals surface area contributed by atoms with E-state index >= 15 is 0 Å². The third-order valence-corrected chi connectivity index (χ3v) is 4.42. The average Bonchev–Trinajstić information content (AvgIpc) is 3.09. The van der Waals surface area contributed by atoms with Crippen LogP contribution in [0.1, 0.15) is 5.82 Å². The van der Waals surface area contributed by atoms with Gasteiger partial charge in [-0.15, -0.1) is 0 Å². The summed E-state index contributed by atoms with van der Waals surface area (Å²) in [4.78, 5) is 13.6. The number of H-pyrrole nitrogens is 4. The minimum Gasteiger partial charge on any atom is -0.241 e. The van der Waals surface area contributed by atoms with Crippen molar-refractivity contribution in [3.63, 3.8) is 0 Å². The van der Waals surface area contributed by atoms with Crippen LogP contribution in [0.2, 0.25) is 0 Å². The van der Waals surface area contributed by atoms with Gasteiger partial charge >= 0.3 is 5.16 Å². The molecule has 21 heavy (non-hydrogen) atoms. The van der Waals surface area contributed by atoms with Crippen molar-refractivity contribution in [1.82, 2.24) is 9.97 Å². The first-order chi connectivity index (χ1) is 10.4. The molecule has 104 valence electrons. The van der Waals surface area contributed by atoms with Crippen LogP contribution in [0.3, 0.4) is 0 Å². The van der Waals surface area contributed by atoms with Crippen LogP contribution in [-0.4, -0.2) is 15.7 Å². The Morgan fingerprint density at radius 3 is 2.19 bits per heavy atom. The van der Waals surface area contributed by atoms with Gasteiger partial charge < -0.3 is 0 Å². The molecule has 0 aliphatic heterocycles. The summed E-state index contributed by atoms with van der Waals surface area (Å²) >= 11 is 1.80. The van der Waals surface area contributed by atoms with Crippen molar-refractivity contribution in [3.05, 3.63) is 54.4 Å². The summed E-state index contributed by atoms with van der Waals surface area (Å²) in [6.07, 6.45) is 0.975. The largest absolute Gasteiger partial charge is 0.314 e. The van der Waals surface area contributed by atoms with Gasteiger partial charge in [-0.3, -0.25) is 0 Å². The van der Waals surface area contributed by atoms with Crippen molar-refractivity contribution in [3.8, 4) is 0 Å². The van der Waals surface area contributed by atoms with E-state index in [9.17, 15) is 0 Å². The number of imidazole rings is 2.